The average molecular weight is 251 g/mol. The summed E-state index contributed by atoms with van der Waals surface area (Å²) in [6.07, 6.45) is 0. The van der Waals surface area contributed by atoms with E-state index in [9.17, 15) is 0 Å². The number of nitrogens with one attached hydrogen (secondary N) is 1. The molecule has 2 rings (SSSR count). The highest BCUT2D eigenvalue weighted by atomic mass is 35.5. The van der Waals surface area contributed by atoms with Gasteiger partial charge in [0.25, 0.3) is 0 Å². The number of hydrogen-bond acceptors (Lipinski definition) is 3. The maximum atomic E-state index is 6.13. The van der Waals surface area contributed by atoms with E-state index in [1.54, 1.807) is 4.68 Å². The van der Waals surface area contributed by atoms with Gasteiger partial charge in [0, 0.05) is 6.54 Å². The van der Waals surface area contributed by atoms with Gasteiger partial charge in [0.05, 0.1) is 22.1 Å². The Hall–Kier alpha value is -1.39. The molecule has 1 N–H and O–H groups in total. The van der Waals surface area contributed by atoms with Crippen LogP contribution >= 0.6 is 11.6 Å². The first-order valence-electron chi connectivity index (χ1n) is 5.46. The van der Waals surface area contributed by atoms with E-state index in [-0.39, 0.29) is 0 Å². The number of hydrogen-bond donors (Lipinski definition) is 1. The molecule has 0 spiro atoms. The minimum Gasteiger partial charge on any atom is -0.314 e. The topological polar surface area (TPSA) is 42.7 Å². The normalized spacial score (nSPS) is 10.8. The number of pyridine rings is 1. The summed E-state index contributed by atoms with van der Waals surface area (Å²) in [6.45, 7) is 4.57. The fourth-order valence-electron chi connectivity index (χ4n) is 1.71. The quantitative estimate of drug-likeness (QED) is 0.909. The first kappa shape index (κ1) is 12.1. The first-order valence-corrected chi connectivity index (χ1v) is 5.84. The monoisotopic (exact) mass is 250 g/mol. The van der Waals surface area contributed by atoms with Gasteiger partial charge in [0.15, 0.2) is 5.82 Å². The zero-order valence-corrected chi connectivity index (χ0v) is 10.9. The molecule has 5 heteroatoms. The summed E-state index contributed by atoms with van der Waals surface area (Å²) in [7, 11) is 1.90. The van der Waals surface area contributed by atoms with Crippen LogP contribution in [0.25, 0.3) is 5.82 Å². The second-order valence-electron chi connectivity index (χ2n) is 3.91. The van der Waals surface area contributed by atoms with Gasteiger partial charge in [-0.25, -0.2) is 9.67 Å². The van der Waals surface area contributed by atoms with E-state index >= 15 is 0 Å². The molecule has 0 unspecified atom stereocenters. The Morgan fingerprint density at radius 3 is 2.71 bits per heavy atom. The number of aryl methyl sites for hydroxylation is 1. The maximum absolute atomic E-state index is 6.13. The van der Waals surface area contributed by atoms with Crippen LogP contribution in [-0.4, -0.2) is 21.8 Å². The second kappa shape index (κ2) is 4.85. The van der Waals surface area contributed by atoms with Crippen LogP contribution in [0.2, 0.25) is 5.02 Å². The lowest BCUT2D eigenvalue weighted by atomic mass is 10.3. The van der Waals surface area contributed by atoms with Crippen LogP contribution < -0.4 is 5.32 Å². The van der Waals surface area contributed by atoms with E-state index in [1.807, 2.05) is 39.1 Å². The summed E-state index contributed by atoms with van der Waals surface area (Å²) in [5, 5.41) is 8.16. The van der Waals surface area contributed by atoms with E-state index in [0.717, 1.165) is 29.4 Å². The largest absolute Gasteiger partial charge is 0.314 e. The Kier molecular flexibility index (Phi) is 3.45. The molecule has 0 atom stereocenters. The van der Waals surface area contributed by atoms with Crippen LogP contribution in [0.1, 0.15) is 17.1 Å². The molecular formula is C12H15ClN4. The molecule has 17 heavy (non-hydrogen) atoms. The lowest BCUT2D eigenvalue weighted by Gasteiger charge is -2.05. The highest BCUT2D eigenvalue weighted by Gasteiger charge is 2.11. The highest BCUT2D eigenvalue weighted by molar-refractivity contribution is 6.31. The molecule has 0 aromatic carbocycles. The van der Waals surface area contributed by atoms with Crippen molar-refractivity contribution in [2.45, 2.75) is 20.4 Å². The van der Waals surface area contributed by atoms with E-state index in [4.69, 9.17) is 11.6 Å². The number of aromatic nitrogens is 3. The Morgan fingerprint density at radius 2 is 2.12 bits per heavy atom. The summed E-state index contributed by atoms with van der Waals surface area (Å²) in [5.74, 6) is 0.797. The van der Waals surface area contributed by atoms with Crippen molar-refractivity contribution < 1.29 is 0 Å². The Bertz CT molecular complexity index is 533. The zero-order valence-electron chi connectivity index (χ0n) is 10.2. The zero-order chi connectivity index (χ0) is 12.4. The number of halogens is 1. The molecule has 0 aliphatic heterocycles. The number of nitrogens with zero attached hydrogens (tertiary/aromatic N) is 3. The van der Waals surface area contributed by atoms with Crippen molar-refractivity contribution >= 4 is 11.6 Å². The summed E-state index contributed by atoms with van der Waals surface area (Å²) in [5.41, 5.74) is 2.72. The van der Waals surface area contributed by atoms with Gasteiger partial charge in [-0.05, 0) is 33.0 Å². The van der Waals surface area contributed by atoms with Crippen LogP contribution in [0.5, 0.6) is 0 Å². The molecule has 0 aliphatic rings. The summed E-state index contributed by atoms with van der Waals surface area (Å²) in [6, 6.07) is 5.88. The molecule has 0 saturated carbocycles. The molecule has 0 saturated heterocycles. The minimum atomic E-state index is 0.700. The van der Waals surface area contributed by atoms with Crippen LogP contribution in [0.15, 0.2) is 18.2 Å². The van der Waals surface area contributed by atoms with Crippen molar-refractivity contribution in [3.63, 3.8) is 0 Å². The van der Waals surface area contributed by atoms with Gasteiger partial charge < -0.3 is 5.32 Å². The predicted molar refractivity (Wildman–Crippen MR) is 68.6 cm³/mol. The lowest BCUT2D eigenvalue weighted by Crippen LogP contribution is -2.09. The molecule has 0 fully saturated rings. The summed E-state index contributed by atoms with van der Waals surface area (Å²) >= 11 is 6.13. The SMILES string of the molecule is CNCc1cccc(-n2nc(C)c(Cl)c2C)n1. The standard InChI is InChI=1S/C12H15ClN4/c1-8-12(13)9(2)17(16-8)11-6-4-5-10(15-11)7-14-3/h4-6,14H,7H2,1-3H3. The maximum Gasteiger partial charge on any atom is 0.154 e. The van der Waals surface area contributed by atoms with Crippen LogP contribution in [0.4, 0.5) is 0 Å². The van der Waals surface area contributed by atoms with Gasteiger partial charge in [-0.2, -0.15) is 5.10 Å². The molecule has 0 radical (unpaired) electrons. The van der Waals surface area contributed by atoms with Gasteiger partial charge in [0.2, 0.25) is 0 Å². The van der Waals surface area contributed by atoms with Crippen molar-refractivity contribution in [2.24, 2.45) is 0 Å². The fourth-order valence-corrected chi connectivity index (χ4v) is 1.83. The Labute approximate surface area is 106 Å². The van der Waals surface area contributed by atoms with Crippen LogP contribution in [0.3, 0.4) is 0 Å². The highest BCUT2D eigenvalue weighted by Crippen LogP contribution is 2.21. The van der Waals surface area contributed by atoms with Crippen molar-refractivity contribution in [2.75, 3.05) is 7.05 Å². The van der Waals surface area contributed by atoms with Gasteiger partial charge in [-0.3, -0.25) is 0 Å². The smallest absolute Gasteiger partial charge is 0.154 e. The van der Waals surface area contributed by atoms with Crippen molar-refractivity contribution in [3.05, 3.63) is 40.3 Å². The predicted octanol–water partition coefficient (Wildman–Crippen LogP) is 2.26. The van der Waals surface area contributed by atoms with Gasteiger partial charge in [-0.15, -0.1) is 0 Å². The average Bonchev–Trinajstić information content (AvgIpc) is 2.58. The van der Waals surface area contributed by atoms with E-state index < -0.39 is 0 Å². The minimum absolute atomic E-state index is 0.700. The third-order valence-electron chi connectivity index (χ3n) is 2.57. The van der Waals surface area contributed by atoms with E-state index in [0.29, 0.717) is 5.02 Å². The summed E-state index contributed by atoms with van der Waals surface area (Å²) < 4.78 is 1.77. The molecule has 0 aliphatic carbocycles. The molecule has 4 nitrogen and oxygen atoms in total. The molecule has 2 heterocycles. The molecular weight excluding hydrogens is 236 g/mol. The molecule has 2 aromatic rings. The van der Waals surface area contributed by atoms with Gasteiger partial charge in [-0.1, -0.05) is 17.7 Å². The molecule has 0 amide bonds. The third-order valence-corrected chi connectivity index (χ3v) is 3.12. The lowest BCUT2D eigenvalue weighted by molar-refractivity contribution is 0.759. The molecule has 2 aromatic heterocycles. The number of rotatable bonds is 3. The third kappa shape index (κ3) is 2.33. The van der Waals surface area contributed by atoms with Crippen LogP contribution in [0, 0.1) is 13.8 Å². The Balaban J connectivity index is 2.45. The Morgan fingerprint density at radius 1 is 1.35 bits per heavy atom. The molecule has 0 bridgehead atoms. The van der Waals surface area contributed by atoms with Crippen molar-refractivity contribution in [1.82, 2.24) is 20.1 Å². The second-order valence-corrected chi connectivity index (χ2v) is 4.29. The van der Waals surface area contributed by atoms with Gasteiger partial charge >= 0.3 is 0 Å². The molecule has 90 valence electrons. The van der Waals surface area contributed by atoms with Gasteiger partial charge in [0.1, 0.15) is 0 Å². The van der Waals surface area contributed by atoms with E-state index in [1.165, 1.54) is 0 Å². The summed E-state index contributed by atoms with van der Waals surface area (Å²) in [4.78, 5) is 4.53. The first-order chi connectivity index (χ1) is 8.13. The fraction of sp³-hybridized carbons (Fsp3) is 0.333. The van der Waals surface area contributed by atoms with Crippen molar-refractivity contribution in [1.29, 1.82) is 0 Å². The van der Waals surface area contributed by atoms with E-state index in [2.05, 4.69) is 15.4 Å². The van der Waals surface area contributed by atoms with Crippen LogP contribution in [-0.2, 0) is 6.54 Å². The van der Waals surface area contributed by atoms with Crippen molar-refractivity contribution in [3.8, 4) is 5.82 Å².